The van der Waals surface area contributed by atoms with Crippen LogP contribution in [-0.2, 0) is 11.3 Å². The van der Waals surface area contributed by atoms with E-state index in [1.54, 1.807) is 6.07 Å². The third-order valence-corrected chi connectivity index (χ3v) is 3.46. The maximum atomic E-state index is 12.9. The second kappa shape index (κ2) is 7.36. The highest BCUT2D eigenvalue weighted by molar-refractivity contribution is 6.06. The van der Waals surface area contributed by atoms with Crippen LogP contribution in [-0.4, -0.2) is 12.7 Å². The Labute approximate surface area is 143 Å². The fraction of sp³-hybridized carbons (Fsp3) is 0.111. The third kappa shape index (κ3) is 4.06. The number of halogens is 1. The molecule has 0 aromatic heterocycles. The molecular formula is C18H14FN3O3. The van der Waals surface area contributed by atoms with Crippen LogP contribution in [0.25, 0.3) is 0 Å². The van der Waals surface area contributed by atoms with E-state index in [4.69, 9.17) is 14.7 Å². The Kier molecular flexibility index (Phi) is 4.81. The van der Waals surface area contributed by atoms with Gasteiger partial charge in [0.1, 0.15) is 17.5 Å². The lowest BCUT2D eigenvalue weighted by atomic mass is 10.2. The van der Waals surface area contributed by atoms with Gasteiger partial charge in [0.05, 0.1) is 0 Å². The molecular weight excluding hydrogens is 325 g/mol. The van der Waals surface area contributed by atoms with Crippen LogP contribution in [0.3, 0.4) is 0 Å². The molecule has 126 valence electrons. The molecule has 0 unspecified atom stereocenters. The molecule has 0 bridgehead atoms. The van der Waals surface area contributed by atoms with Gasteiger partial charge in [-0.2, -0.15) is 5.26 Å². The molecule has 3 rings (SSSR count). The van der Waals surface area contributed by atoms with E-state index in [1.807, 2.05) is 18.2 Å². The second-order valence-electron chi connectivity index (χ2n) is 5.20. The highest BCUT2D eigenvalue weighted by atomic mass is 19.1. The van der Waals surface area contributed by atoms with Crippen LogP contribution in [0.1, 0.15) is 5.56 Å². The van der Waals surface area contributed by atoms with E-state index in [1.165, 1.54) is 30.5 Å². The first kappa shape index (κ1) is 16.3. The summed E-state index contributed by atoms with van der Waals surface area (Å²) in [5.74, 6) is 0.375. The van der Waals surface area contributed by atoms with Crippen molar-refractivity contribution in [3.63, 3.8) is 0 Å². The summed E-state index contributed by atoms with van der Waals surface area (Å²) in [6.45, 7) is 0.611. The number of benzene rings is 2. The van der Waals surface area contributed by atoms with Gasteiger partial charge in [0, 0.05) is 18.4 Å². The second-order valence-corrected chi connectivity index (χ2v) is 5.20. The number of nitrogens with zero attached hydrogens (tertiary/aromatic N) is 1. The quantitative estimate of drug-likeness (QED) is 0.646. The number of ether oxygens (including phenoxy) is 2. The SMILES string of the molecule is N#C/C(=C/NCc1ccc2c(c1)OCO2)C(=O)Nc1ccc(F)cc1. The van der Waals surface area contributed by atoms with Gasteiger partial charge in [-0.3, -0.25) is 4.79 Å². The Morgan fingerprint density at radius 1 is 1.20 bits per heavy atom. The lowest BCUT2D eigenvalue weighted by molar-refractivity contribution is -0.112. The van der Waals surface area contributed by atoms with Crippen molar-refractivity contribution in [3.8, 4) is 17.6 Å². The van der Waals surface area contributed by atoms with Crippen molar-refractivity contribution in [2.75, 3.05) is 12.1 Å². The van der Waals surface area contributed by atoms with Crippen molar-refractivity contribution in [1.82, 2.24) is 5.32 Å². The predicted octanol–water partition coefficient (Wildman–Crippen LogP) is 2.69. The minimum absolute atomic E-state index is 0.0925. The smallest absolute Gasteiger partial charge is 0.267 e. The van der Waals surface area contributed by atoms with Crippen LogP contribution in [0.5, 0.6) is 11.5 Å². The molecule has 1 amide bonds. The first-order valence-corrected chi connectivity index (χ1v) is 7.45. The molecule has 25 heavy (non-hydrogen) atoms. The fourth-order valence-electron chi connectivity index (χ4n) is 2.20. The summed E-state index contributed by atoms with van der Waals surface area (Å²) in [6, 6.07) is 12.6. The molecule has 7 heteroatoms. The van der Waals surface area contributed by atoms with Crippen LogP contribution in [0.15, 0.2) is 54.2 Å². The molecule has 0 atom stereocenters. The molecule has 2 aromatic carbocycles. The molecule has 1 aliphatic rings. The van der Waals surface area contributed by atoms with Gasteiger partial charge in [-0.05, 0) is 42.0 Å². The summed E-state index contributed by atoms with van der Waals surface area (Å²) in [5.41, 5.74) is 1.23. The Hall–Kier alpha value is -3.53. The van der Waals surface area contributed by atoms with Crippen molar-refractivity contribution >= 4 is 11.6 Å². The van der Waals surface area contributed by atoms with E-state index in [-0.39, 0.29) is 12.4 Å². The van der Waals surface area contributed by atoms with Gasteiger partial charge in [0.2, 0.25) is 6.79 Å². The predicted molar refractivity (Wildman–Crippen MR) is 88.1 cm³/mol. The number of hydrogen-bond acceptors (Lipinski definition) is 5. The van der Waals surface area contributed by atoms with E-state index in [9.17, 15) is 9.18 Å². The molecule has 0 radical (unpaired) electrons. The van der Waals surface area contributed by atoms with Crippen molar-refractivity contribution in [2.24, 2.45) is 0 Å². The Balaban J connectivity index is 1.59. The maximum absolute atomic E-state index is 12.9. The van der Waals surface area contributed by atoms with E-state index in [0.29, 0.717) is 23.7 Å². The molecule has 0 saturated carbocycles. The van der Waals surface area contributed by atoms with E-state index in [0.717, 1.165) is 5.56 Å². The standard InChI is InChI=1S/C18H14FN3O3/c19-14-2-4-15(5-3-14)22-18(23)13(8-20)10-21-9-12-1-6-16-17(7-12)25-11-24-16/h1-7,10,21H,9,11H2,(H,22,23)/b13-10-. The first-order chi connectivity index (χ1) is 12.2. The molecule has 6 nitrogen and oxygen atoms in total. The lowest BCUT2D eigenvalue weighted by Crippen LogP contribution is -2.16. The van der Waals surface area contributed by atoms with Gasteiger partial charge >= 0.3 is 0 Å². The number of rotatable bonds is 5. The minimum atomic E-state index is -0.577. The Bertz CT molecular complexity index is 857. The van der Waals surface area contributed by atoms with Gasteiger partial charge in [0.15, 0.2) is 11.5 Å². The molecule has 0 spiro atoms. The fourth-order valence-corrected chi connectivity index (χ4v) is 2.20. The lowest BCUT2D eigenvalue weighted by Gasteiger charge is -2.06. The average Bonchev–Trinajstić information content (AvgIpc) is 3.08. The van der Waals surface area contributed by atoms with Crippen LogP contribution in [0.2, 0.25) is 0 Å². The van der Waals surface area contributed by atoms with Gasteiger partial charge in [-0.1, -0.05) is 6.07 Å². The summed E-state index contributed by atoms with van der Waals surface area (Å²) in [6.07, 6.45) is 1.34. The zero-order valence-corrected chi connectivity index (χ0v) is 13.1. The van der Waals surface area contributed by atoms with Crippen molar-refractivity contribution in [1.29, 1.82) is 5.26 Å². The zero-order valence-electron chi connectivity index (χ0n) is 13.1. The molecule has 0 saturated heterocycles. The number of nitriles is 1. The normalized spacial score (nSPS) is 12.4. The number of anilines is 1. The number of nitrogens with one attached hydrogen (secondary N) is 2. The third-order valence-electron chi connectivity index (χ3n) is 3.46. The largest absolute Gasteiger partial charge is 0.454 e. The van der Waals surface area contributed by atoms with Gasteiger partial charge in [-0.15, -0.1) is 0 Å². The summed E-state index contributed by atoms with van der Waals surface area (Å²) in [4.78, 5) is 12.1. The van der Waals surface area contributed by atoms with Crippen molar-refractivity contribution in [3.05, 3.63) is 65.6 Å². The molecule has 1 heterocycles. The summed E-state index contributed by atoms with van der Waals surface area (Å²) >= 11 is 0. The Morgan fingerprint density at radius 3 is 2.72 bits per heavy atom. The van der Waals surface area contributed by atoms with Gasteiger partial charge in [0.25, 0.3) is 5.91 Å². The summed E-state index contributed by atoms with van der Waals surface area (Å²) < 4.78 is 23.4. The minimum Gasteiger partial charge on any atom is -0.454 e. The first-order valence-electron chi connectivity index (χ1n) is 7.45. The van der Waals surface area contributed by atoms with Crippen molar-refractivity contribution < 1.29 is 18.7 Å². The molecule has 2 aromatic rings. The van der Waals surface area contributed by atoms with Gasteiger partial charge < -0.3 is 20.1 Å². The van der Waals surface area contributed by atoms with Crippen LogP contribution in [0, 0.1) is 17.1 Å². The molecule has 2 N–H and O–H groups in total. The highest BCUT2D eigenvalue weighted by Gasteiger charge is 2.13. The average molecular weight is 339 g/mol. The number of amides is 1. The topological polar surface area (TPSA) is 83.4 Å². The van der Waals surface area contributed by atoms with Crippen LogP contribution >= 0.6 is 0 Å². The molecule has 0 aliphatic carbocycles. The number of carbonyl (C=O) groups excluding carboxylic acids is 1. The summed E-state index contributed by atoms with van der Waals surface area (Å²) in [7, 11) is 0. The highest BCUT2D eigenvalue weighted by Crippen LogP contribution is 2.32. The van der Waals surface area contributed by atoms with Crippen molar-refractivity contribution in [2.45, 2.75) is 6.54 Å². The number of hydrogen-bond donors (Lipinski definition) is 2. The monoisotopic (exact) mass is 339 g/mol. The van der Waals surface area contributed by atoms with E-state index >= 15 is 0 Å². The number of fused-ring (bicyclic) bond motifs is 1. The molecule has 0 fully saturated rings. The Morgan fingerprint density at radius 2 is 1.96 bits per heavy atom. The van der Waals surface area contributed by atoms with Gasteiger partial charge in [-0.25, -0.2) is 4.39 Å². The van der Waals surface area contributed by atoms with E-state index in [2.05, 4.69) is 10.6 Å². The van der Waals surface area contributed by atoms with Crippen LogP contribution < -0.4 is 20.1 Å². The maximum Gasteiger partial charge on any atom is 0.267 e. The summed E-state index contributed by atoms with van der Waals surface area (Å²) in [5, 5.41) is 14.6. The molecule has 1 aliphatic heterocycles. The zero-order chi connectivity index (χ0) is 17.6. The van der Waals surface area contributed by atoms with Crippen LogP contribution in [0.4, 0.5) is 10.1 Å². The van der Waals surface area contributed by atoms with E-state index < -0.39 is 11.7 Å². The number of carbonyl (C=O) groups is 1.